The fourth-order valence-electron chi connectivity index (χ4n) is 2.63. The van der Waals surface area contributed by atoms with E-state index in [4.69, 9.17) is 4.74 Å². The molecule has 6 nitrogen and oxygen atoms in total. The van der Waals surface area contributed by atoms with Crippen LogP contribution in [0.15, 0.2) is 48.5 Å². The van der Waals surface area contributed by atoms with Gasteiger partial charge in [0.15, 0.2) is 5.78 Å². The summed E-state index contributed by atoms with van der Waals surface area (Å²) in [6.07, 6.45) is 0.133. The van der Waals surface area contributed by atoms with E-state index in [1.807, 2.05) is 19.1 Å². The first-order chi connectivity index (χ1) is 12.9. The third-order valence-corrected chi connectivity index (χ3v) is 3.97. The summed E-state index contributed by atoms with van der Waals surface area (Å²) in [6.45, 7) is 5.54. The van der Waals surface area contributed by atoms with Gasteiger partial charge in [0.2, 0.25) is 11.8 Å². The van der Waals surface area contributed by atoms with Crippen LogP contribution < -0.4 is 15.0 Å². The van der Waals surface area contributed by atoms with Crippen LogP contribution in [0.25, 0.3) is 0 Å². The van der Waals surface area contributed by atoms with Gasteiger partial charge in [-0.3, -0.25) is 14.4 Å². The van der Waals surface area contributed by atoms with E-state index in [9.17, 15) is 14.4 Å². The van der Waals surface area contributed by atoms with Gasteiger partial charge < -0.3 is 15.0 Å². The highest BCUT2D eigenvalue weighted by atomic mass is 16.5. The standard InChI is InChI=1S/C21H24N2O4/c1-4-27-20-8-6-5-7-19(20)23(16(3)25)14-13-21(26)22-18-11-9-17(10-12-18)15(2)24/h5-12H,4,13-14H2,1-3H3,(H,22,26). The molecule has 0 aromatic heterocycles. The van der Waals surface area contributed by atoms with Crippen LogP contribution in [0.4, 0.5) is 11.4 Å². The van der Waals surface area contributed by atoms with Gasteiger partial charge >= 0.3 is 0 Å². The molecule has 0 aliphatic carbocycles. The molecule has 27 heavy (non-hydrogen) atoms. The van der Waals surface area contributed by atoms with Crippen LogP contribution in [0.2, 0.25) is 0 Å². The van der Waals surface area contributed by atoms with Crippen LogP contribution in [0, 0.1) is 0 Å². The molecule has 2 amide bonds. The Morgan fingerprint density at radius 1 is 1.00 bits per heavy atom. The average molecular weight is 368 g/mol. The summed E-state index contributed by atoms with van der Waals surface area (Å²) in [6, 6.07) is 13.9. The minimum Gasteiger partial charge on any atom is -0.492 e. The topological polar surface area (TPSA) is 75.7 Å². The Kier molecular flexibility index (Phi) is 7.11. The third kappa shape index (κ3) is 5.67. The maximum absolute atomic E-state index is 12.3. The molecule has 142 valence electrons. The molecule has 0 spiro atoms. The van der Waals surface area contributed by atoms with Gasteiger partial charge in [0.1, 0.15) is 5.75 Å². The number of benzene rings is 2. The Morgan fingerprint density at radius 3 is 2.26 bits per heavy atom. The minimum atomic E-state index is -0.217. The van der Waals surface area contributed by atoms with Crippen molar-refractivity contribution in [2.45, 2.75) is 27.2 Å². The number of nitrogens with one attached hydrogen (secondary N) is 1. The van der Waals surface area contributed by atoms with Gasteiger partial charge in [-0.1, -0.05) is 12.1 Å². The molecule has 2 aromatic rings. The largest absolute Gasteiger partial charge is 0.492 e. The van der Waals surface area contributed by atoms with Crippen molar-refractivity contribution >= 4 is 29.0 Å². The first-order valence-electron chi connectivity index (χ1n) is 8.83. The van der Waals surface area contributed by atoms with E-state index in [0.717, 1.165) is 0 Å². The number of hydrogen-bond acceptors (Lipinski definition) is 4. The van der Waals surface area contributed by atoms with Crippen molar-refractivity contribution in [3.05, 3.63) is 54.1 Å². The molecule has 0 heterocycles. The third-order valence-electron chi connectivity index (χ3n) is 3.97. The van der Waals surface area contributed by atoms with Gasteiger partial charge in [-0.15, -0.1) is 0 Å². The monoisotopic (exact) mass is 368 g/mol. The number of anilines is 2. The highest BCUT2D eigenvalue weighted by Crippen LogP contribution is 2.28. The molecule has 0 bridgehead atoms. The number of carbonyl (C=O) groups excluding carboxylic acids is 3. The molecule has 0 saturated carbocycles. The first kappa shape index (κ1) is 20.2. The maximum atomic E-state index is 12.3. The summed E-state index contributed by atoms with van der Waals surface area (Å²) in [5, 5.41) is 2.77. The molecule has 0 atom stereocenters. The normalized spacial score (nSPS) is 10.2. The second-order valence-electron chi connectivity index (χ2n) is 6.00. The van der Waals surface area contributed by atoms with E-state index in [1.165, 1.54) is 18.7 Å². The Bertz CT molecular complexity index is 815. The molecule has 0 saturated heterocycles. The molecule has 0 fully saturated rings. The molecule has 2 aromatic carbocycles. The Morgan fingerprint density at radius 2 is 1.67 bits per heavy atom. The van der Waals surface area contributed by atoms with E-state index < -0.39 is 0 Å². The molecule has 0 aliphatic heterocycles. The second kappa shape index (κ2) is 9.52. The van der Waals surface area contributed by atoms with Crippen molar-refractivity contribution in [1.82, 2.24) is 0 Å². The Balaban J connectivity index is 2.02. The number of carbonyl (C=O) groups is 3. The van der Waals surface area contributed by atoms with E-state index in [-0.39, 0.29) is 30.6 Å². The SMILES string of the molecule is CCOc1ccccc1N(CCC(=O)Nc1ccc(C(C)=O)cc1)C(C)=O. The molecule has 6 heteroatoms. The van der Waals surface area contributed by atoms with E-state index in [0.29, 0.717) is 29.3 Å². The summed E-state index contributed by atoms with van der Waals surface area (Å²) in [7, 11) is 0. The van der Waals surface area contributed by atoms with Crippen LogP contribution >= 0.6 is 0 Å². The highest BCUT2D eigenvalue weighted by molar-refractivity contribution is 5.97. The zero-order chi connectivity index (χ0) is 19.8. The fourth-order valence-corrected chi connectivity index (χ4v) is 2.63. The van der Waals surface area contributed by atoms with Crippen molar-refractivity contribution in [1.29, 1.82) is 0 Å². The van der Waals surface area contributed by atoms with Gasteiger partial charge in [-0.2, -0.15) is 0 Å². The van der Waals surface area contributed by atoms with E-state index in [2.05, 4.69) is 5.32 Å². The van der Waals surface area contributed by atoms with Crippen LogP contribution in [0.1, 0.15) is 37.6 Å². The smallest absolute Gasteiger partial charge is 0.226 e. The van der Waals surface area contributed by atoms with Crippen LogP contribution in [0.3, 0.4) is 0 Å². The predicted molar refractivity (Wildman–Crippen MR) is 105 cm³/mol. The van der Waals surface area contributed by atoms with Crippen LogP contribution in [-0.4, -0.2) is 30.7 Å². The Labute approximate surface area is 159 Å². The van der Waals surface area contributed by atoms with Gasteiger partial charge in [-0.25, -0.2) is 0 Å². The number of ether oxygens (including phenoxy) is 1. The number of hydrogen-bond donors (Lipinski definition) is 1. The zero-order valence-corrected chi connectivity index (χ0v) is 15.8. The molecule has 0 aliphatic rings. The maximum Gasteiger partial charge on any atom is 0.226 e. The molecule has 0 radical (unpaired) electrons. The molecule has 1 N–H and O–H groups in total. The van der Waals surface area contributed by atoms with Crippen molar-refractivity contribution in [2.75, 3.05) is 23.4 Å². The molecular weight excluding hydrogens is 344 g/mol. The Hall–Kier alpha value is -3.15. The van der Waals surface area contributed by atoms with Crippen LogP contribution in [-0.2, 0) is 9.59 Å². The summed E-state index contributed by atoms with van der Waals surface area (Å²) >= 11 is 0. The number of ketones is 1. The fraction of sp³-hybridized carbons (Fsp3) is 0.286. The number of nitrogens with zero attached hydrogens (tertiary/aromatic N) is 1. The summed E-state index contributed by atoms with van der Waals surface area (Å²) in [4.78, 5) is 37.2. The van der Waals surface area contributed by atoms with Crippen molar-refractivity contribution in [3.8, 4) is 5.75 Å². The van der Waals surface area contributed by atoms with E-state index >= 15 is 0 Å². The van der Waals surface area contributed by atoms with Gasteiger partial charge in [0.05, 0.1) is 12.3 Å². The lowest BCUT2D eigenvalue weighted by atomic mass is 10.1. The van der Waals surface area contributed by atoms with Crippen molar-refractivity contribution in [3.63, 3.8) is 0 Å². The first-order valence-corrected chi connectivity index (χ1v) is 8.83. The summed E-state index contributed by atoms with van der Waals surface area (Å²) in [5.41, 5.74) is 1.84. The van der Waals surface area contributed by atoms with Gasteiger partial charge in [-0.05, 0) is 50.2 Å². The lowest BCUT2D eigenvalue weighted by Crippen LogP contribution is -2.32. The number of Topliss-reactive ketones (excluding diaryl/α,β-unsaturated/α-hetero) is 1. The van der Waals surface area contributed by atoms with Crippen molar-refractivity contribution in [2.24, 2.45) is 0 Å². The lowest BCUT2D eigenvalue weighted by molar-refractivity contribution is -0.117. The summed E-state index contributed by atoms with van der Waals surface area (Å²) in [5.74, 6) is 0.194. The number of amides is 2. The lowest BCUT2D eigenvalue weighted by Gasteiger charge is -2.23. The van der Waals surface area contributed by atoms with Crippen molar-refractivity contribution < 1.29 is 19.1 Å². The number of para-hydroxylation sites is 2. The highest BCUT2D eigenvalue weighted by Gasteiger charge is 2.17. The van der Waals surface area contributed by atoms with Gasteiger partial charge in [0.25, 0.3) is 0 Å². The van der Waals surface area contributed by atoms with Crippen LogP contribution in [0.5, 0.6) is 5.75 Å². The quantitative estimate of drug-likeness (QED) is 0.722. The zero-order valence-electron chi connectivity index (χ0n) is 15.8. The van der Waals surface area contributed by atoms with E-state index in [1.54, 1.807) is 36.4 Å². The average Bonchev–Trinajstić information content (AvgIpc) is 2.63. The summed E-state index contributed by atoms with van der Waals surface area (Å²) < 4.78 is 5.58. The van der Waals surface area contributed by atoms with Gasteiger partial charge in [0, 0.05) is 31.1 Å². The minimum absolute atomic E-state index is 0.0297. The molecule has 2 rings (SSSR count). The number of rotatable bonds is 8. The molecule has 0 unspecified atom stereocenters. The predicted octanol–water partition coefficient (Wildman–Crippen LogP) is 3.67. The molecular formula is C21H24N2O4. The second-order valence-corrected chi connectivity index (χ2v) is 6.00.